The van der Waals surface area contributed by atoms with Crippen LogP contribution in [0.4, 0.5) is 0 Å². The van der Waals surface area contributed by atoms with Crippen LogP contribution in [0.25, 0.3) is 0 Å². The first-order chi connectivity index (χ1) is 5.81. The maximum absolute atomic E-state index is 5.04. The van der Waals surface area contributed by atoms with Gasteiger partial charge in [-0.1, -0.05) is 13.3 Å². The summed E-state index contributed by atoms with van der Waals surface area (Å²) in [6.07, 6.45) is 3.49. The normalized spacial score (nSPS) is 9.50. The molecular weight excluding hydrogens is 188 g/mol. The van der Waals surface area contributed by atoms with Gasteiger partial charge in [-0.2, -0.15) is 0 Å². The second-order valence-electron chi connectivity index (χ2n) is 2.64. The van der Waals surface area contributed by atoms with E-state index in [9.17, 15) is 0 Å². The summed E-state index contributed by atoms with van der Waals surface area (Å²) in [5.74, 6) is 1.02. The second-order valence-corrected chi connectivity index (χ2v) is 3.55. The highest BCUT2D eigenvalue weighted by atomic mass is 32.1. The van der Waals surface area contributed by atoms with E-state index >= 15 is 0 Å². The Bertz CT molecular complexity index is 106. The first-order valence-electron chi connectivity index (χ1n) is 4.47. The van der Waals surface area contributed by atoms with E-state index in [2.05, 4.69) is 30.2 Å². The summed E-state index contributed by atoms with van der Waals surface area (Å²) in [4.78, 5) is 0. The van der Waals surface area contributed by atoms with Crippen LogP contribution in [0.5, 0.6) is 0 Å². The first-order valence-corrected chi connectivity index (χ1v) is 5.59. The standard InChI is InChI=1S/C8H18N2S2/c1-2-3-5-9-8(12)10-6-4-7-11/h11H,2-7H2,1H3,(H2,9,10,12)/p+1. The summed E-state index contributed by atoms with van der Waals surface area (Å²) in [6, 6.07) is 0. The molecular formula is C8H19N2S2+. The van der Waals surface area contributed by atoms with Crippen molar-refractivity contribution in [2.45, 2.75) is 26.2 Å². The first kappa shape index (κ1) is 12.0. The van der Waals surface area contributed by atoms with Crippen molar-refractivity contribution in [2.75, 3.05) is 18.8 Å². The zero-order valence-corrected chi connectivity index (χ0v) is 9.47. The van der Waals surface area contributed by atoms with Gasteiger partial charge in [0, 0.05) is 19.5 Å². The third-order valence-corrected chi connectivity index (χ3v) is 2.10. The zero-order chi connectivity index (χ0) is 9.23. The number of unbranched alkanes of at least 4 members (excludes halogenated alkanes) is 1. The molecule has 0 aliphatic carbocycles. The predicted molar refractivity (Wildman–Crippen MR) is 63.2 cm³/mol. The molecule has 0 saturated heterocycles. The lowest BCUT2D eigenvalue weighted by Crippen LogP contribution is -2.36. The maximum Gasteiger partial charge on any atom is 0.166 e. The number of thiocarbonyl (C=S) groups is 1. The van der Waals surface area contributed by atoms with Gasteiger partial charge in [0.1, 0.15) is 5.75 Å². The van der Waals surface area contributed by atoms with E-state index in [0.29, 0.717) is 0 Å². The van der Waals surface area contributed by atoms with Crippen LogP contribution in [0.2, 0.25) is 0 Å². The van der Waals surface area contributed by atoms with E-state index < -0.39 is 0 Å². The molecule has 0 aromatic rings. The minimum atomic E-state index is 0.781. The molecule has 0 heterocycles. The Labute approximate surface area is 85.9 Å². The van der Waals surface area contributed by atoms with E-state index in [1.165, 1.54) is 12.8 Å². The van der Waals surface area contributed by atoms with Crippen molar-refractivity contribution in [1.29, 1.82) is 0 Å². The molecule has 0 atom stereocenters. The Balaban J connectivity index is 3.10. The second kappa shape index (κ2) is 9.13. The smallest absolute Gasteiger partial charge is 0.166 e. The molecule has 0 unspecified atom stereocenters. The molecule has 0 aliphatic heterocycles. The summed E-state index contributed by atoms with van der Waals surface area (Å²) in [6.45, 7) is 4.10. The number of hydrogen-bond donors (Lipinski definition) is 2. The fraction of sp³-hybridized carbons (Fsp3) is 0.875. The Morgan fingerprint density at radius 1 is 1.25 bits per heavy atom. The molecule has 0 rings (SSSR count). The van der Waals surface area contributed by atoms with Gasteiger partial charge in [-0.15, -0.1) is 0 Å². The summed E-state index contributed by atoms with van der Waals surface area (Å²) < 4.78 is 0. The molecule has 4 heteroatoms. The minimum Gasteiger partial charge on any atom is -0.363 e. The van der Waals surface area contributed by atoms with Crippen molar-refractivity contribution in [3.63, 3.8) is 0 Å². The lowest BCUT2D eigenvalue weighted by molar-refractivity contribution is 0.735. The largest absolute Gasteiger partial charge is 0.363 e. The molecule has 72 valence electrons. The fourth-order valence-corrected chi connectivity index (χ4v) is 1.11. The molecule has 0 aromatic carbocycles. The Morgan fingerprint density at radius 3 is 2.33 bits per heavy atom. The molecule has 12 heavy (non-hydrogen) atoms. The Hall–Kier alpha value is 0.0400. The van der Waals surface area contributed by atoms with Gasteiger partial charge < -0.3 is 10.6 Å². The van der Waals surface area contributed by atoms with Crippen molar-refractivity contribution >= 4 is 30.0 Å². The third-order valence-electron chi connectivity index (χ3n) is 1.45. The average molecular weight is 207 g/mol. The quantitative estimate of drug-likeness (QED) is 0.380. The van der Waals surface area contributed by atoms with E-state index in [1.54, 1.807) is 0 Å². The van der Waals surface area contributed by atoms with E-state index in [-0.39, 0.29) is 0 Å². The minimum absolute atomic E-state index is 0.781. The van der Waals surface area contributed by atoms with Crippen molar-refractivity contribution in [3.8, 4) is 0 Å². The summed E-state index contributed by atoms with van der Waals surface area (Å²) in [7, 11) is 0. The molecule has 0 aromatic heterocycles. The molecule has 0 spiro atoms. The van der Waals surface area contributed by atoms with Gasteiger partial charge in [0.25, 0.3) is 0 Å². The molecule has 0 amide bonds. The van der Waals surface area contributed by atoms with Crippen molar-refractivity contribution < 1.29 is 0 Å². The van der Waals surface area contributed by atoms with Crippen LogP contribution in [0.3, 0.4) is 0 Å². The van der Waals surface area contributed by atoms with Crippen LogP contribution in [0.15, 0.2) is 0 Å². The van der Waals surface area contributed by atoms with E-state index in [0.717, 1.165) is 30.4 Å². The van der Waals surface area contributed by atoms with Crippen LogP contribution in [-0.2, 0) is 12.6 Å². The van der Waals surface area contributed by atoms with Crippen LogP contribution in [0.1, 0.15) is 26.2 Å². The molecule has 0 radical (unpaired) electrons. The highest BCUT2D eigenvalue weighted by molar-refractivity contribution is 7.80. The molecule has 0 fully saturated rings. The fourth-order valence-electron chi connectivity index (χ4n) is 0.732. The number of rotatable bonds is 6. The topological polar surface area (TPSA) is 24.1 Å². The zero-order valence-electron chi connectivity index (χ0n) is 7.65. The van der Waals surface area contributed by atoms with Gasteiger partial charge in [-0.05, 0) is 31.3 Å². The number of nitrogens with one attached hydrogen (secondary N) is 2. The van der Waals surface area contributed by atoms with E-state index in [4.69, 9.17) is 12.2 Å². The highest BCUT2D eigenvalue weighted by Gasteiger charge is 1.92. The van der Waals surface area contributed by atoms with E-state index in [1.807, 2.05) is 0 Å². The lowest BCUT2D eigenvalue weighted by atomic mass is 10.3. The monoisotopic (exact) mass is 207 g/mol. The maximum atomic E-state index is 5.04. The van der Waals surface area contributed by atoms with Crippen LogP contribution >= 0.6 is 12.2 Å². The van der Waals surface area contributed by atoms with Gasteiger partial charge in [-0.3, -0.25) is 0 Å². The van der Waals surface area contributed by atoms with Crippen LogP contribution < -0.4 is 10.6 Å². The molecule has 0 aliphatic rings. The van der Waals surface area contributed by atoms with Gasteiger partial charge in [-0.25, -0.2) is 0 Å². The summed E-state index contributed by atoms with van der Waals surface area (Å²) in [5.41, 5.74) is 0. The van der Waals surface area contributed by atoms with Gasteiger partial charge >= 0.3 is 0 Å². The Morgan fingerprint density at radius 2 is 1.83 bits per heavy atom. The average Bonchev–Trinajstić information content (AvgIpc) is 2.06. The Kier molecular flexibility index (Phi) is 9.16. The van der Waals surface area contributed by atoms with Crippen molar-refractivity contribution in [1.82, 2.24) is 10.6 Å². The predicted octanol–water partition coefficient (Wildman–Crippen LogP) is 0.652. The van der Waals surface area contributed by atoms with Crippen LogP contribution in [0, 0.1) is 0 Å². The molecule has 2 N–H and O–H groups in total. The molecule has 2 nitrogen and oxygen atoms in total. The summed E-state index contributed by atoms with van der Waals surface area (Å²) in [5, 5.41) is 7.06. The third kappa shape index (κ3) is 8.14. The highest BCUT2D eigenvalue weighted by Crippen LogP contribution is 1.82. The number of hydrogen-bond acceptors (Lipinski definition) is 1. The van der Waals surface area contributed by atoms with Gasteiger partial charge in [0.05, 0.1) is 0 Å². The SMILES string of the molecule is CCCCNC(=S)NCCC[SH2+]. The van der Waals surface area contributed by atoms with Crippen molar-refractivity contribution in [3.05, 3.63) is 0 Å². The van der Waals surface area contributed by atoms with Crippen molar-refractivity contribution in [2.24, 2.45) is 0 Å². The molecule has 0 bridgehead atoms. The van der Waals surface area contributed by atoms with Gasteiger partial charge in [0.2, 0.25) is 0 Å². The van der Waals surface area contributed by atoms with Crippen LogP contribution in [-0.4, -0.2) is 24.0 Å². The lowest BCUT2D eigenvalue weighted by Gasteiger charge is -2.08. The molecule has 0 saturated carbocycles. The summed E-state index contributed by atoms with van der Waals surface area (Å²) >= 11 is 8.45. The van der Waals surface area contributed by atoms with Gasteiger partial charge in [0.15, 0.2) is 5.11 Å².